The SMILES string of the molecule is COc1ccc(-c2noc(C(=O)N3CC[C@@H](NC(C)=O)C3)c2[C@H](C)O)cc1. The lowest BCUT2D eigenvalue weighted by Crippen LogP contribution is -2.37. The Bertz CT molecular complexity index is 828. The van der Waals surface area contributed by atoms with Gasteiger partial charge in [-0.3, -0.25) is 9.59 Å². The number of ether oxygens (including phenoxy) is 1. The van der Waals surface area contributed by atoms with Crippen molar-refractivity contribution in [3.8, 4) is 17.0 Å². The van der Waals surface area contributed by atoms with Gasteiger partial charge in [-0.15, -0.1) is 0 Å². The number of aromatic nitrogens is 1. The molecule has 1 aliphatic rings. The number of nitrogens with one attached hydrogen (secondary N) is 1. The molecule has 2 N–H and O–H groups in total. The van der Waals surface area contributed by atoms with Gasteiger partial charge in [-0.05, 0) is 37.6 Å². The molecule has 0 spiro atoms. The van der Waals surface area contributed by atoms with Crippen LogP contribution in [0.3, 0.4) is 0 Å². The van der Waals surface area contributed by atoms with E-state index >= 15 is 0 Å². The monoisotopic (exact) mass is 373 g/mol. The van der Waals surface area contributed by atoms with Crippen molar-refractivity contribution in [3.05, 3.63) is 35.6 Å². The predicted octanol–water partition coefficient (Wildman–Crippen LogP) is 1.75. The summed E-state index contributed by atoms with van der Waals surface area (Å²) >= 11 is 0. The highest BCUT2D eigenvalue weighted by Gasteiger charge is 2.33. The van der Waals surface area contributed by atoms with Crippen LogP contribution in [0.4, 0.5) is 0 Å². The molecule has 2 heterocycles. The molecule has 0 aliphatic carbocycles. The van der Waals surface area contributed by atoms with Gasteiger partial charge in [-0.25, -0.2) is 0 Å². The second kappa shape index (κ2) is 7.79. The van der Waals surface area contributed by atoms with Gasteiger partial charge in [0.05, 0.1) is 18.8 Å². The van der Waals surface area contributed by atoms with Gasteiger partial charge in [-0.2, -0.15) is 0 Å². The van der Waals surface area contributed by atoms with Crippen molar-refractivity contribution in [1.82, 2.24) is 15.4 Å². The lowest BCUT2D eigenvalue weighted by atomic mass is 10.0. The average molecular weight is 373 g/mol. The van der Waals surface area contributed by atoms with E-state index in [9.17, 15) is 14.7 Å². The quantitative estimate of drug-likeness (QED) is 0.827. The number of aliphatic hydroxyl groups excluding tert-OH is 1. The van der Waals surface area contributed by atoms with Crippen LogP contribution in [0, 0.1) is 0 Å². The Balaban J connectivity index is 1.86. The summed E-state index contributed by atoms with van der Waals surface area (Å²) in [6.45, 7) is 3.92. The normalized spacial score (nSPS) is 17.6. The van der Waals surface area contributed by atoms with Gasteiger partial charge < -0.3 is 24.6 Å². The number of hydrogen-bond donors (Lipinski definition) is 2. The molecule has 2 atom stereocenters. The number of hydrogen-bond acceptors (Lipinski definition) is 6. The highest BCUT2D eigenvalue weighted by Crippen LogP contribution is 2.32. The van der Waals surface area contributed by atoms with Crippen molar-refractivity contribution in [1.29, 1.82) is 0 Å². The van der Waals surface area contributed by atoms with Crippen molar-refractivity contribution in [3.63, 3.8) is 0 Å². The molecule has 27 heavy (non-hydrogen) atoms. The summed E-state index contributed by atoms with van der Waals surface area (Å²) in [5.41, 5.74) is 1.49. The van der Waals surface area contributed by atoms with E-state index < -0.39 is 6.10 Å². The van der Waals surface area contributed by atoms with Gasteiger partial charge in [0, 0.05) is 31.6 Å². The van der Waals surface area contributed by atoms with Crippen LogP contribution in [0.15, 0.2) is 28.8 Å². The minimum absolute atomic E-state index is 0.0271. The summed E-state index contributed by atoms with van der Waals surface area (Å²) in [5, 5.41) is 17.1. The number of amides is 2. The third-order valence-corrected chi connectivity index (χ3v) is 4.59. The molecule has 1 aromatic carbocycles. The van der Waals surface area contributed by atoms with Crippen LogP contribution in [-0.4, -0.2) is 53.2 Å². The van der Waals surface area contributed by atoms with E-state index in [0.29, 0.717) is 42.1 Å². The molecule has 0 radical (unpaired) electrons. The molecule has 8 heteroatoms. The highest BCUT2D eigenvalue weighted by atomic mass is 16.5. The van der Waals surface area contributed by atoms with Crippen molar-refractivity contribution in [2.24, 2.45) is 0 Å². The first-order chi connectivity index (χ1) is 12.9. The third kappa shape index (κ3) is 3.95. The molecule has 2 aromatic rings. The van der Waals surface area contributed by atoms with Crippen molar-refractivity contribution < 1.29 is 24.0 Å². The zero-order valence-corrected chi connectivity index (χ0v) is 15.6. The number of carbonyl (C=O) groups excluding carboxylic acids is 2. The molecule has 2 amide bonds. The van der Waals surface area contributed by atoms with Crippen LogP contribution in [0.25, 0.3) is 11.3 Å². The third-order valence-electron chi connectivity index (χ3n) is 4.59. The maximum absolute atomic E-state index is 12.9. The second-order valence-electron chi connectivity index (χ2n) is 6.62. The Kier molecular flexibility index (Phi) is 5.46. The average Bonchev–Trinajstić information content (AvgIpc) is 3.28. The van der Waals surface area contributed by atoms with E-state index in [0.717, 1.165) is 0 Å². The first-order valence-corrected chi connectivity index (χ1v) is 8.79. The van der Waals surface area contributed by atoms with Gasteiger partial charge in [0.15, 0.2) is 0 Å². The molecule has 1 aromatic heterocycles. The summed E-state index contributed by atoms with van der Waals surface area (Å²) < 4.78 is 10.5. The Morgan fingerprint density at radius 2 is 2.07 bits per heavy atom. The summed E-state index contributed by atoms with van der Waals surface area (Å²) in [7, 11) is 1.58. The molecule has 144 valence electrons. The molecule has 0 saturated carbocycles. The summed E-state index contributed by atoms with van der Waals surface area (Å²) in [6, 6.07) is 7.05. The van der Waals surface area contributed by atoms with E-state index in [1.807, 2.05) is 0 Å². The molecule has 0 bridgehead atoms. The van der Waals surface area contributed by atoms with Gasteiger partial charge >= 0.3 is 0 Å². The van der Waals surface area contributed by atoms with E-state index in [1.54, 1.807) is 43.2 Å². The van der Waals surface area contributed by atoms with Crippen molar-refractivity contribution in [2.75, 3.05) is 20.2 Å². The molecule has 0 unspecified atom stereocenters. The second-order valence-corrected chi connectivity index (χ2v) is 6.62. The molecule has 1 aliphatic heterocycles. The molecular formula is C19H23N3O5. The first kappa shape index (κ1) is 18.9. The van der Waals surface area contributed by atoms with Crippen LogP contribution in [0.1, 0.15) is 42.5 Å². The van der Waals surface area contributed by atoms with Crippen molar-refractivity contribution >= 4 is 11.8 Å². The number of likely N-dealkylation sites (tertiary alicyclic amines) is 1. The number of carbonyl (C=O) groups is 2. The maximum atomic E-state index is 12.9. The molecule has 3 rings (SSSR count). The predicted molar refractivity (Wildman–Crippen MR) is 97.3 cm³/mol. The number of benzene rings is 1. The maximum Gasteiger partial charge on any atom is 0.292 e. The van der Waals surface area contributed by atoms with Gasteiger partial charge in [0.2, 0.25) is 11.7 Å². The fourth-order valence-electron chi connectivity index (χ4n) is 3.29. The lowest BCUT2D eigenvalue weighted by molar-refractivity contribution is -0.119. The highest BCUT2D eigenvalue weighted by molar-refractivity contribution is 5.95. The molecular weight excluding hydrogens is 350 g/mol. The summed E-state index contributed by atoms with van der Waals surface area (Å²) in [5.74, 6) is 0.254. The molecule has 1 fully saturated rings. The van der Waals surface area contributed by atoms with E-state index in [-0.39, 0.29) is 23.6 Å². The fourth-order valence-corrected chi connectivity index (χ4v) is 3.29. The summed E-state index contributed by atoms with van der Waals surface area (Å²) in [4.78, 5) is 25.7. The number of rotatable bonds is 5. The van der Waals surface area contributed by atoms with Gasteiger partial charge in [0.1, 0.15) is 11.4 Å². The largest absolute Gasteiger partial charge is 0.497 e. The Labute approximate surface area is 157 Å². The van der Waals surface area contributed by atoms with Crippen molar-refractivity contribution in [2.45, 2.75) is 32.4 Å². The van der Waals surface area contributed by atoms with Crippen LogP contribution < -0.4 is 10.1 Å². The Morgan fingerprint density at radius 1 is 1.37 bits per heavy atom. The van der Waals surface area contributed by atoms with Crippen LogP contribution in [0.5, 0.6) is 5.75 Å². The standard InChI is InChI=1S/C19H23N3O5/c1-11(23)16-17(13-4-6-15(26-3)7-5-13)21-27-18(16)19(25)22-9-8-14(10-22)20-12(2)24/h4-7,11,14,23H,8-10H2,1-3H3,(H,20,24)/t11-,14+/m0/s1. The number of nitrogens with zero attached hydrogens (tertiary/aromatic N) is 2. The Hall–Kier alpha value is -2.87. The minimum Gasteiger partial charge on any atom is -0.497 e. The van der Waals surface area contributed by atoms with E-state index in [4.69, 9.17) is 9.26 Å². The minimum atomic E-state index is -0.930. The number of methoxy groups -OCH3 is 1. The van der Waals surface area contributed by atoms with E-state index in [2.05, 4.69) is 10.5 Å². The zero-order valence-electron chi connectivity index (χ0n) is 15.6. The summed E-state index contributed by atoms with van der Waals surface area (Å²) in [6.07, 6.45) is -0.254. The van der Waals surface area contributed by atoms with Crippen LogP contribution in [-0.2, 0) is 4.79 Å². The van der Waals surface area contributed by atoms with Crippen LogP contribution in [0.2, 0.25) is 0 Å². The topological polar surface area (TPSA) is 105 Å². The fraction of sp³-hybridized carbons (Fsp3) is 0.421. The smallest absolute Gasteiger partial charge is 0.292 e. The van der Waals surface area contributed by atoms with E-state index in [1.165, 1.54) is 6.92 Å². The van der Waals surface area contributed by atoms with Gasteiger partial charge in [0.25, 0.3) is 5.91 Å². The Morgan fingerprint density at radius 3 is 2.67 bits per heavy atom. The van der Waals surface area contributed by atoms with Crippen LogP contribution >= 0.6 is 0 Å². The van der Waals surface area contributed by atoms with Gasteiger partial charge in [-0.1, -0.05) is 5.16 Å². The zero-order chi connectivity index (χ0) is 19.6. The number of aliphatic hydroxyl groups is 1. The molecule has 8 nitrogen and oxygen atoms in total. The lowest BCUT2D eigenvalue weighted by Gasteiger charge is -2.16. The molecule has 1 saturated heterocycles. The first-order valence-electron chi connectivity index (χ1n) is 8.79.